The van der Waals surface area contributed by atoms with E-state index in [1.165, 1.54) is 0 Å². The molecule has 0 bridgehead atoms. The largest absolute Gasteiger partial charge is 0.392 e. The Morgan fingerprint density at radius 1 is 1.47 bits per heavy atom. The van der Waals surface area contributed by atoms with Crippen molar-refractivity contribution in [2.24, 2.45) is 17.8 Å². The van der Waals surface area contributed by atoms with E-state index in [9.17, 15) is 10.2 Å². The SMILES string of the molecule is C=C1CC[C@H](C(C)C)[C@H]2C=C(CO)CC[C@@]12O. The minimum atomic E-state index is -0.716. The van der Waals surface area contributed by atoms with Crippen molar-refractivity contribution in [3.63, 3.8) is 0 Å². The second-order valence-corrected chi connectivity index (χ2v) is 5.98. The van der Waals surface area contributed by atoms with Crippen molar-refractivity contribution in [3.8, 4) is 0 Å². The van der Waals surface area contributed by atoms with E-state index in [0.29, 0.717) is 11.8 Å². The highest BCUT2D eigenvalue weighted by atomic mass is 16.3. The molecule has 0 spiro atoms. The lowest BCUT2D eigenvalue weighted by Gasteiger charge is -2.49. The highest BCUT2D eigenvalue weighted by Gasteiger charge is 2.47. The van der Waals surface area contributed by atoms with Gasteiger partial charge in [-0.2, -0.15) is 0 Å². The second kappa shape index (κ2) is 4.58. The van der Waals surface area contributed by atoms with E-state index >= 15 is 0 Å². The molecule has 0 aromatic rings. The third-order valence-electron chi connectivity index (χ3n) is 4.71. The van der Waals surface area contributed by atoms with Crippen LogP contribution in [0.25, 0.3) is 0 Å². The summed E-state index contributed by atoms with van der Waals surface area (Å²) in [5, 5.41) is 20.2. The zero-order chi connectivity index (χ0) is 12.6. The molecule has 0 aromatic heterocycles. The topological polar surface area (TPSA) is 40.5 Å². The summed E-state index contributed by atoms with van der Waals surface area (Å²) in [4.78, 5) is 0. The van der Waals surface area contributed by atoms with E-state index < -0.39 is 5.60 Å². The molecule has 2 nitrogen and oxygen atoms in total. The van der Waals surface area contributed by atoms with Gasteiger partial charge >= 0.3 is 0 Å². The van der Waals surface area contributed by atoms with Crippen LogP contribution in [0.15, 0.2) is 23.8 Å². The van der Waals surface area contributed by atoms with Gasteiger partial charge in [0, 0.05) is 5.92 Å². The van der Waals surface area contributed by atoms with Gasteiger partial charge in [0.2, 0.25) is 0 Å². The highest BCUT2D eigenvalue weighted by molar-refractivity contribution is 5.28. The molecule has 96 valence electrons. The standard InChI is InChI=1S/C15H24O2/c1-10(2)13-5-4-11(3)15(17)7-6-12(9-16)8-14(13)15/h8,10,13-14,16-17H,3-7,9H2,1-2H3/t13-,14-,15-/m1/s1. The van der Waals surface area contributed by atoms with Gasteiger partial charge < -0.3 is 10.2 Å². The van der Waals surface area contributed by atoms with Gasteiger partial charge in [0.1, 0.15) is 0 Å². The summed E-state index contributed by atoms with van der Waals surface area (Å²) in [6.45, 7) is 8.65. The van der Waals surface area contributed by atoms with Crippen molar-refractivity contribution < 1.29 is 10.2 Å². The number of hydrogen-bond donors (Lipinski definition) is 2. The maximum absolute atomic E-state index is 10.9. The minimum absolute atomic E-state index is 0.129. The Kier molecular flexibility index (Phi) is 3.46. The molecule has 3 atom stereocenters. The molecule has 0 heterocycles. The fourth-order valence-electron chi connectivity index (χ4n) is 3.50. The van der Waals surface area contributed by atoms with Gasteiger partial charge in [0.05, 0.1) is 12.2 Å². The number of aliphatic hydroxyl groups excluding tert-OH is 1. The Balaban J connectivity index is 2.35. The molecule has 1 saturated carbocycles. The smallest absolute Gasteiger partial charge is 0.0922 e. The molecule has 0 aliphatic heterocycles. The van der Waals surface area contributed by atoms with Crippen LogP contribution in [-0.2, 0) is 0 Å². The van der Waals surface area contributed by atoms with Crippen LogP contribution in [0.4, 0.5) is 0 Å². The van der Waals surface area contributed by atoms with E-state index in [2.05, 4.69) is 26.5 Å². The summed E-state index contributed by atoms with van der Waals surface area (Å²) in [5.74, 6) is 1.22. The number of fused-ring (bicyclic) bond motifs is 1. The van der Waals surface area contributed by atoms with E-state index in [4.69, 9.17) is 0 Å². The number of hydrogen-bond acceptors (Lipinski definition) is 2. The molecule has 0 radical (unpaired) electrons. The molecule has 0 amide bonds. The van der Waals surface area contributed by atoms with Crippen LogP contribution >= 0.6 is 0 Å². The predicted octanol–water partition coefficient (Wildman–Crippen LogP) is 2.67. The molecule has 0 unspecified atom stereocenters. The van der Waals surface area contributed by atoms with Crippen LogP contribution in [0.1, 0.15) is 39.5 Å². The molecule has 2 heteroatoms. The van der Waals surface area contributed by atoms with Gasteiger partial charge in [-0.3, -0.25) is 0 Å². The van der Waals surface area contributed by atoms with Gasteiger partial charge in [0.15, 0.2) is 0 Å². The predicted molar refractivity (Wildman–Crippen MR) is 69.5 cm³/mol. The first-order valence-corrected chi connectivity index (χ1v) is 6.70. The third-order valence-corrected chi connectivity index (χ3v) is 4.71. The Labute approximate surface area is 104 Å². The summed E-state index contributed by atoms with van der Waals surface area (Å²) >= 11 is 0. The average molecular weight is 236 g/mol. The molecule has 2 rings (SSSR count). The maximum Gasteiger partial charge on any atom is 0.0922 e. The van der Waals surface area contributed by atoms with Crippen molar-refractivity contribution in [2.75, 3.05) is 6.61 Å². The quantitative estimate of drug-likeness (QED) is 0.724. The van der Waals surface area contributed by atoms with Crippen molar-refractivity contribution >= 4 is 0 Å². The Bertz CT molecular complexity index is 343. The summed E-state index contributed by atoms with van der Waals surface area (Å²) < 4.78 is 0. The van der Waals surface area contributed by atoms with Crippen LogP contribution in [0.5, 0.6) is 0 Å². The molecule has 0 saturated heterocycles. The molecule has 17 heavy (non-hydrogen) atoms. The highest BCUT2D eigenvalue weighted by Crippen LogP contribution is 2.49. The lowest BCUT2D eigenvalue weighted by atomic mass is 9.59. The number of aliphatic hydroxyl groups is 2. The Morgan fingerprint density at radius 3 is 2.76 bits per heavy atom. The van der Waals surface area contributed by atoms with Gasteiger partial charge in [-0.25, -0.2) is 0 Å². The van der Waals surface area contributed by atoms with Crippen LogP contribution < -0.4 is 0 Å². The molecular weight excluding hydrogens is 212 g/mol. The zero-order valence-electron chi connectivity index (χ0n) is 10.9. The van der Waals surface area contributed by atoms with Gasteiger partial charge in [-0.05, 0) is 48.7 Å². The summed E-state index contributed by atoms with van der Waals surface area (Å²) in [6, 6.07) is 0. The van der Waals surface area contributed by atoms with Crippen molar-refractivity contribution in [1.82, 2.24) is 0 Å². The van der Waals surface area contributed by atoms with Crippen molar-refractivity contribution in [2.45, 2.75) is 45.1 Å². The minimum Gasteiger partial charge on any atom is -0.392 e. The summed E-state index contributed by atoms with van der Waals surface area (Å²) in [5.41, 5.74) is 1.36. The van der Waals surface area contributed by atoms with Crippen LogP contribution in [0.3, 0.4) is 0 Å². The van der Waals surface area contributed by atoms with Gasteiger partial charge in [-0.1, -0.05) is 26.5 Å². The second-order valence-electron chi connectivity index (χ2n) is 5.98. The molecular formula is C15H24O2. The first kappa shape index (κ1) is 12.8. The molecule has 2 aliphatic rings. The van der Waals surface area contributed by atoms with E-state index in [-0.39, 0.29) is 12.5 Å². The fourth-order valence-corrected chi connectivity index (χ4v) is 3.50. The monoisotopic (exact) mass is 236 g/mol. The molecule has 2 aliphatic carbocycles. The molecule has 2 N–H and O–H groups in total. The fraction of sp³-hybridized carbons (Fsp3) is 0.733. The summed E-state index contributed by atoms with van der Waals surface area (Å²) in [6.07, 6.45) is 5.70. The third kappa shape index (κ3) is 2.09. The van der Waals surface area contributed by atoms with E-state index in [1.54, 1.807) is 0 Å². The van der Waals surface area contributed by atoms with E-state index in [1.807, 2.05) is 0 Å². The lowest BCUT2D eigenvalue weighted by Crippen LogP contribution is -2.49. The average Bonchev–Trinajstić information content (AvgIpc) is 2.30. The normalized spacial score (nSPS) is 37.9. The summed E-state index contributed by atoms with van der Waals surface area (Å²) in [7, 11) is 0. The maximum atomic E-state index is 10.9. The zero-order valence-corrected chi connectivity index (χ0v) is 10.9. The van der Waals surface area contributed by atoms with Crippen molar-refractivity contribution in [3.05, 3.63) is 23.8 Å². The first-order valence-electron chi connectivity index (χ1n) is 6.70. The van der Waals surface area contributed by atoms with E-state index in [0.717, 1.165) is 36.8 Å². The van der Waals surface area contributed by atoms with Crippen molar-refractivity contribution in [1.29, 1.82) is 0 Å². The van der Waals surface area contributed by atoms with Crippen LogP contribution in [-0.4, -0.2) is 22.4 Å². The molecule has 0 aromatic carbocycles. The Hall–Kier alpha value is -0.600. The van der Waals surface area contributed by atoms with Gasteiger partial charge in [-0.15, -0.1) is 0 Å². The first-order chi connectivity index (χ1) is 7.99. The van der Waals surface area contributed by atoms with Gasteiger partial charge in [0.25, 0.3) is 0 Å². The molecule has 1 fully saturated rings. The Morgan fingerprint density at radius 2 is 2.18 bits per heavy atom. The number of rotatable bonds is 2. The van der Waals surface area contributed by atoms with Crippen LogP contribution in [0.2, 0.25) is 0 Å². The lowest BCUT2D eigenvalue weighted by molar-refractivity contribution is -0.0329. The van der Waals surface area contributed by atoms with Crippen LogP contribution in [0, 0.1) is 17.8 Å².